The molecule has 0 spiro atoms. The van der Waals surface area contributed by atoms with Crippen molar-refractivity contribution in [3.63, 3.8) is 0 Å². The third-order valence-corrected chi connectivity index (χ3v) is 2.94. The summed E-state index contributed by atoms with van der Waals surface area (Å²) in [6, 6.07) is 0. The highest BCUT2D eigenvalue weighted by molar-refractivity contribution is 5.69. The molecule has 0 aromatic carbocycles. The number of hydrogen-bond acceptors (Lipinski definition) is 4. The summed E-state index contributed by atoms with van der Waals surface area (Å²) in [5.41, 5.74) is 0. The number of esters is 1. The molecule has 0 unspecified atom stereocenters. The fraction of sp³-hybridized carbons (Fsp3) is 0.867. The van der Waals surface area contributed by atoms with Crippen molar-refractivity contribution in [2.45, 2.75) is 64.7 Å². The minimum atomic E-state index is -0.888. The Hall–Kier alpha value is -1.10. The zero-order chi connectivity index (χ0) is 15.1. The third-order valence-electron chi connectivity index (χ3n) is 2.94. The molecule has 5 nitrogen and oxygen atoms in total. The van der Waals surface area contributed by atoms with Crippen LogP contribution in [0.1, 0.15) is 64.7 Å². The van der Waals surface area contributed by atoms with Crippen molar-refractivity contribution in [2.24, 2.45) is 0 Å². The lowest BCUT2D eigenvalue weighted by Gasteiger charge is -2.05. The second-order valence-electron chi connectivity index (χ2n) is 4.85. The predicted octanol–water partition coefficient (Wildman–Crippen LogP) is 3.16. The van der Waals surface area contributed by atoms with Crippen LogP contribution in [0.15, 0.2) is 0 Å². The Morgan fingerprint density at radius 3 is 2.15 bits per heavy atom. The van der Waals surface area contributed by atoms with Gasteiger partial charge in [-0.3, -0.25) is 9.59 Å². The number of aliphatic carboxylic acids is 1. The van der Waals surface area contributed by atoms with Gasteiger partial charge in [-0.15, -0.1) is 0 Å². The molecule has 0 aliphatic rings. The van der Waals surface area contributed by atoms with Crippen LogP contribution in [0.2, 0.25) is 0 Å². The van der Waals surface area contributed by atoms with Gasteiger partial charge in [0, 0.05) is 6.42 Å². The summed E-state index contributed by atoms with van der Waals surface area (Å²) in [7, 11) is 0. The van der Waals surface area contributed by atoms with Gasteiger partial charge in [0.25, 0.3) is 0 Å². The number of rotatable bonds is 14. The molecule has 0 bridgehead atoms. The van der Waals surface area contributed by atoms with Crippen LogP contribution in [0.3, 0.4) is 0 Å². The first-order valence-corrected chi connectivity index (χ1v) is 7.62. The van der Waals surface area contributed by atoms with E-state index in [0.29, 0.717) is 6.42 Å². The molecule has 0 aliphatic carbocycles. The maximum Gasteiger partial charge on any atom is 0.305 e. The normalized spacial score (nSPS) is 10.4. The number of carboxylic acid groups (broad SMARTS) is 1. The zero-order valence-corrected chi connectivity index (χ0v) is 12.6. The van der Waals surface area contributed by atoms with Gasteiger partial charge in [-0.2, -0.15) is 0 Å². The lowest BCUT2D eigenvalue weighted by atomic mass is 10.1. The average molecular weight is 288 g/mol. The summed E-state index contributed by atoms with van der Waals surface area (Å²) in [4.78, 5) is 21.6. The number of carbonyl (C=O) groups excluding carboxylic acids is 1. The van der Waals surface area contributed by atoms with Crippen molar-refractivity contribution in [3.8, 4) is 0 Å². The number of unbranched alkanes of at least 4 members (excludes halogenated alkanes) is 6. The van der Waals surface area contributed by atoms with E-state index in [0.717, 1.165) is 12.8 Å². The minimum Gasteiger partial charge on any atom is -0.481 e. The summed E-state index contributed by atoms with van der Waals surface area (Å²) in [5.74, 6) is -1.08. The summed E-state index contributed by atoms with van der Waals surface area (Å²) in [6.45, 7) is 2.82. The molecule has 0 aliphatic heterocycles. The topological polar surface area (TPSA) is 72.8 Å². The van der Waals surface area contributed by atoms with Gasteiger partial charge < -0.3 is 14.6 Å². The van der Waals surface area contributed by atoms with E-state index in [-0.39, 0.29) is 32.2 Å². The van der Waals surface area contributed by atoms with Crippen LogP contribution in [-0.2, 0) is 19.1 Å². The second-order valence-corrected chi connectivity index (χ2v) is 4.85. The van der Waals surface area contributed by atoms with Crippen LogP contribution in [0.5, 0.6) is 0 Å². The van der Waals surface area contributed by atoms with Gasteiger partial charge in [0.1, 0.15) is 6.61 Å². The first-order valence-electron chi connectivity index (χ1n) is 7.62. The molecular weight excluding hydrogens is 260 g/mol. The van der Waals surface area contributed by atoms with Gasteiger partial charge >= 0.3 is 11.9 Å². The van der Waals surface area contributed by atoms with Crippen molar-refractivity contribution in [1.82, 2.24) is 0 Å². The number of ether oxygens (including phenoxy) is 2. The van der Waals surface area contributed by atoms with E-state index in [1.807, 2.05) is 0 Å². The van der Waals surface area contributed by atoms with E-state index >= 15 is 0 Å². The van der Waals surface area contributed by atoms with Crippen LogP contribution in [0.25, 0.3) is 0 Å². The standard InChI is InChI=1S/C15H28O5/c1-2-3-4-5-6-7-8-9-15(18)20-13-12-19-11-10-14(16)17/h2-13H2,1H3,(H,16,17). The van der Waals surface area contributed by atoms with Crippen molar-refractivity contribution in [3.05, 3.63) is 0 Å². The maximum atomic E-state index is 11.3. The van der Waals surface area contributed by atoms with Crippen molar-refractivity contribution >= 4 is 11.9 Å². The quantitative estimate of drug-likeness (QED) is 0.392. The van der Waals surface area contributed by atoms with Gasteiger partial charge in [-0.25, -0.2) is 0 Å². The van der Waals surface area contributed by atoms with E-state index in [9.17, 15) is 9.59 Å². The lowest BCUT2D eigenvalue weighted by molar-refractivity contribution is -0.146. The maximum absolute atomic E-state index is 11.3. The second kappa shape index (κ2) is 14.3. The molecule has 0 aromatic heterocycles. The molecule has 118 valence electrons. The first-order chi connectivity index (χ1) is 9.66. The molecule has 5 heteroatoms. The van der Waals surface area contributed by atoms with Gasteiger partial charge in [-0.05, 0) is 6.42 Å². The van der Waals surface area contributed by atoms with E-state index in [1.54, 1.807) is 0 Å². The van der Waals surface area contributed by atoms with Crippen molar-refractivity contribution in [2.75, 3.05) is 19.8 Å². The smallest absolute Gasteiger partial charge is 0.305 e. The molecule has 0 saturated heterocycles. The summed E-state index contributed by atoms with van der Waals surface area (Å²) in [5, 5.41) is 8.38. The van der Waals surface area contributed by atoms with Crippen LogP contribution in [0.4, 0.5) is 0 Å². The molecule has 0 amide bonds. The monoisotopic (exact) mass is 288 g/mol. The highest BCUT2D eigenvalue weighted by Crippen LogP contribution is 2.08. The van der Waals surface area contributed by atoms with Crippen molar-refractivity contribution < 1.29 is 24.2 Å². The summed E-state index contributed by atoms with van der Waals surface area (Å²) in [6.07, 6.45) is 8.67. The Morgan fingerprint density at radius 1 is 0.850 bits per heavy atom. The zero-order valence-electron chi connectivity index (χ0n) is 12.6. The summed E-state index contributed by atoms with van der Waals surface area (Å²) >= 11 is 0. The largest absolute Gasteiger partial charge is 0.481 e. The Bertz CT molecular complexity index is 253. The van der Waals surface area contributed by atoms with Crippen LogP contribution >= 0.6 is 0 Å². The van der Waals surface area contributed by atoms with Gasteiger partial charge in [0.05, 0.1) is 19.6 Å². The van der Waals surface area contributed by atoms with Gasteiger partial charge in [-0.1, -0.05) is 45.4 Å². The average Bonchev–Trinajstić information content (AvgIpc) is 2.41. The van der Waals surface area contributed by atoms with Crippen molar-refractivity contribution in [1.29, 1.82) is 0 Å². The molecule has 20 heavy (non-hydrogen) atoms. The Labute approximate surface area is 121 Å². The summed E-state index contributed by atoms with van der Waals surface area (Å²) < 4.78 is 10.0. The molecular formula is C15H28O5. The fourth-order valence-corrected chi connectivity index (χ4v) is 1.77. The van der Waals surface area contributed by atoms with Crippen LogP contribution in [0, 0.1) is 0 Å². The third kappa shape index (κ3) is 15.0. The fourth-order valence-electron chi connectivity index (χ4n) is 1.77. The van der Waals surface area contributed by atoms with E-state index in [2.05, 4.69) is 6.92 Å². The van der Waals surface area contributed by atoms with Crippen LogP contribution < -0.4 is 0 Å². The molecule has 0 heterocycles. The molecule has 0 radical (unpaired) electrons. The minimum absolute atomic E-state index is 0.0218. The number of carbonyl (C=O) groups is 2. The number of carboxylic acids is 1. The first kappa shape index (κ1) is 18.9. The van der Waals surface area contributed by atoms with Crippen LogP contribution in [-0.4, -0.2) is 36.9 Å². The number of hydrogen-bond donors (Lipinski definition) is 1. The molecule has 0 rings (SSSR count). The molecule has 0 saturated carbocycles. The molecule has 0 aromatic rings. The van der Waals surface area contributed by atoms with Gasteiger partial charge in [0.15, 0.2) is 0 Å². The molecule has 0 fully saturated rings. The molecule has 0 atom stereocenters. The Balaban J connectivity index is 3.19. The van der Waals surface area contributed by atoms with Gasteiger partial charge in [0.2, 0.25) is 0 Å². The highest BCUT2D eigenvalue weighted by atomic mass is 16.6. The predicted molar refractivity (Wildman–Crippen MR) is 76.6 cm³/mol. The van der Waals surface area contributed by atoms with E-state index in [1.165, 1.54) is 32.1 Å². The van der Waals surface area contributed by atoms with E-state index < -0.39 is 5.97 Å². The highest BCUT2D eigenvalue weighted by Gasteiger charge is 2.02. The Morgan fingerprint density at radius 2 is 1.50 bits per heavy atom. The van der Waals surface area contributed by atoms with E-state index in [4.69, 9.17) is 14.6 Å². The molecule has 1 N–H and O–H groups in total. The Kier molecular flexibility index (Phi) is 13.5. The SMILES string of the molecule is CCCCCCCCCC(=O)OCCOCCC(=O)O. The lowest BCUT2D eigenvalue weighted by Crippen LogP contribution is -2.12.